The quantitative estimate of drug-likeness (QED) is 0.902. The first-order chi connectivity index (χ1) is 9.86. The molecule has 104 valence electrons. The van der Waals surface area contributed by atoms with Gasteiger partial charge in [-0.1, -0.05) is 25.1 Å². The normalized spacial score (nSPS) is 13.3. The Morgan fingerprint density at radius 3 is 2.80 bits per heavy atom. The van der Waals surface area contributed by atoms with Crippen molar-refractivity contribution in [3.05, 3.63) is 59.4 Å². The van der Waals surface area contributed by atoms with Gasteiger partial charge in [0.2, 0.25) is 0 Å². The van der Waals surface area contributed by atoms with E-state index in [1.54, 1.807) is 0 Å². The highest BCUT2D eigenvalue weighted by Crippen LogP contribution is 2.27. The zero-order valence-corrected chi connectivity index (χ0v) is 12.0. The minimum atomic E-state index is 0.975. The second-order valence-electron chi connectivity index (χ2n) is 5.29. The van der Waals surface area contributed by atoms with Crippen molar-refractivity contribution in [2.45, 2.75) is 26.4 Å². The van der Waals surface area contributed by atoms with Gasteiger partial charge in [-0.3, -0.25) is 9.88 Å². The standard InChI is InChI=1S/C17H21N3/c1-2-20(12-14-6-9-18-10-7-14)13-16-5-3-4-15-8-11-19-17(15)16/h3-7,9-10,19H,2,8,11-13H2,1H3. The van der Waals surface area contributed by atoms with E-state index >= 15 is 0 Å². The van der Waals surface area contributed by atoms with Crippen LogP contribution in [0.15, 0.2) is 42.7 Å². The maximum Gasteiger partial charge on any atom is 0.0419 e. The Morgan fingerprint density at radius 2 is 2.00 bits per heavy atom. The fraction of sp³-hybridized carbons (Fsp3) is 0.353. The van der Waals surface area contributed by atoms with E-state index in [4.69, 9.17) is 0 Å². The van der Waals surface area contributed by atoms with Gasteiger partial charge in [-0.15, -0.1) is 0 Å². The smallest absolute Gasteiger partial charge is 0.0419 e. The van der Waals surface area contributed by atoms with Crippen molar-refractivity contribution < 1.29 is 0 Å². The van der Waals surface area contributed by atoms with Gasteiger partial charge in [-0.2, -0.15) is 0 Å². The number of anilines is 1. The fourth-order valence-corrected chi connectivity index (χ4v) is 2.81. The van der Waals surface area contributed by atoms with Crippen molar-refractivity contribution in [3.8, 4) is 0 Å². The first-order valence-electron chi connectivity index (χ1n) is 7.32. The molecular formula is C17H21N3. The molecule has 1 N–H and O–H groups in total. The molecule has 2 heterocycles. The Balaban J connectivity index is 1.74. The van der Waals surface area contributed by atoms with Gasteiger partial charge in [-0.25, -0.2) is 0 Å². The van der Waals surface area contributed by atoms with Gasteiger partial charge in [0, 0.05) is 37.7 Å². The van der Waals surface area contributed by atoms with Gasteiger partial charge < -0.3 is 5.32 Å². The van der Waals surface area contributed by atoms with Gasteiger partial charge >= 0.3 is 0 Å². The Hall–Kier alpha value is -1.87. The molecule has 20 heavy (non-hydrogen) atoms. The summed E-state index contributed by atoms with van der Waals surface area (Å²) in [4.78, 5) is 6.54. The number of para-hydroxylation sites is 1. The molecule has 0 unspecified atom stereocenters. The topological polar surface area (TPSA) is 28.2 Å². The third kappa shape index (κ3) is 2.83. The van der Waals surface area contributed by atoms with Gasteiger partial charge in [-0.05, 0) is 41.8 Å². The molecule has 1 aliphatic rings. The molecule has 3 rings (SSSR count). The van der Waals surface area contributed by atoms with Crippen LogP contribution in [0.2, 0.25) is 0 Å². The van der Waals surface area contributed by atoms with Crippen LogP contribution in [0.1, 0.15) is 23.6 Å². The molecule has 0 fully saturated rings. The lowest BCUT2D eigenvalue weighted by Crippen LogP contribution is -2.22. The molecule has 1 aliphatic heterocycles. The maximum absolute atomic E-state index is 4.08. The van der Waals surface area contributed by atoms with E-state index in [9.17, 15) is 0 Å². The number of rotatable bonds is 5. The number of benzene rings is 1. The summed E-state index contributed by atoms with van der Waals surface area (Å²) in [5.41, 5.74) is 5.56. The third-order valence-electron chi connectivity index (χ3n) is 3.93. The number of aromatic nitrogens is 1. The molecule has 3 nitrogen and oxygen atoms in total. The molecule has 0 spiro atoms. The summed E-state index contributed by atoms with van der Waals surface area (Å²) in [5, 5.41) is 3.53. The number of hydrogen-bond donors (Lipinski definition) is 1. The Kier molecular flexibility index (Phi) is 3.97. The number of fused-ring (bicyclic) bond motifs is 1. The fourth-order valence-electron chi connectivity index (χ4n) is 2.81. The van der Waals surface area contributed by atoms with E-state index in [0.717, 1.165) is 32.6 Å². The van der Waals surface area contributed by atoms with Crippen LogP contribution in [0.4, 0.5) is 5.69 Å². The van der Waals surface area contributed by atoms with Crippen molar-refractivity contribution in [1.29, 1.82) is 0 Å². The second-order valence-corrected chi connectivity index (χ2v) is 5.29. The maximum atomic E-state index is 4.08. The number of nitrogens with one attached hydrogen (secondary N) is 1. The summed E-state index contributed by atoms with van der Waals surface area (Å²) in [5.74, 6) is 0. The highest BCUT2D eigenvalue weighted by molar-refractivity contribution is 5.61. The van der Waals surface area contributed by atoms with Crippen molar-refractivity contribution in [1.82, 2.24) is 9.88 Å². The molecule has 1 aromatic heterocycles. The van der Waals surface area contributed by atoms with E-state index < -0.39 is 0 Å². The van der Waals surface area contributed by atoms with Crippen LogP contribution in [0, 0.1) is 0 Å². The number of pyridine rings is 1. The van der Waals surface area contributed by atoms with Crippen LogP contribution in [-0.2, 0) is 19.5 Å². The monoisotopic (exact) mass is 267 g/mol. The van der Waals surface area contributed by atoms with E-state index in [0.29, 0.717) is 0 Å². The van der Waals surface area contributed by atoms with E-state index in [1.165, 1.54) is 22.4 Å². The largest absolute Gasteiger partial charge is 0.384 e. The van der Waals surface area contributed by atoms with Gasteiger partial charge in [0.25, 0.3) is 0 Å². The summed E-state index contributed by atoms with van der Waals surface area (Å²) in [6.07, 6.45) is 4.88. The minimum Gasteiger partial charge on any atom is -0.384 e. The Morgan fingerprint density at radius 1 is 1.15 bits per heavy atom. The van der Waals surface area contributed by atoms with Crippen LogP contribution < -0.4 is 5.32 Å². The molecule has 2 aromatic rings. The molecule has 1 aromatic carbocycles. The van der Waals surface area contributed by atoms with Crippen LogP contribution in [-0.4, -0.2) is 23.0 Å². The lowest BCUT2D eigenvalue weighted by atomic mass is 10.1. The first kappa shape index (κ1) is 13.1. The highest BCUT2D eigenvalue weighted by Gasteiger charge is 2.15. The molecule has 3 heteroatoms. The van der Waals surface area contributed by atoms with Gasteiger partial charge in [0.1, 0.15) is 0 Å². The molecule has 0 bridgehead atoms. The van der Waals surface area contributed by atoms with Crippen molar-refractivity contribution >= 4 is 5.69 Å². The Bertz CT molecular complexity index is 566. The van der Waals surface area contributed by atoms with Crippen LogP contribution in [0.5, 0.6) is 0 Å². The van der Waals surface area contributed by atoms with Gasteiger partial charge in [0.15, 0.2) is 0 Å². The summed E-state index contributed by atoms with van der Waals surface area (Å²) in [6.45, 7) is 6.31. The zero-order valence-electron chi connectivity index (χ0n) is 12.0. The van der Waals surface area contributed by atoms with E-state index in [-0.39, 0.29) is 0 Å². The minimum absolute atomic E-state index is 0.975. The lowest BCUT2D eigenvalue weighted by Gasteiger charge is -2.22. The molecule has 0 amide bonds. The van der Waals surface area contributed by atoms with Crippen LogP contribution in [0.25, 0.3) is 0 Å². The third-order valence-corrected chi connectivity index (χ3v) is 3.93. The molecule has 0 radical (unpaired) electrons. The lowest BCUT2D eigenvalue weighted by molar-refractivity contribution is 0.272. The van der Waals surface area contributed by atoms with Gasteiger partial charge in [0.05, 0.1) is 0 Å². The SMILES string of the molecule is CCN(Cc1ccncc1)Cc1cccc2c1NCC2. The van der Waals surface area contributed by atoms with Crippen molar-refractivity contribution in [3.63, 3.8) is 0 Å². The molecule has 0 aliphatic carbocycles. The summed E-state index contributed by atoms with van der Waals surface area (Å²) >= 11 is 0. The molecular weight excluding hydrogens is 246 g/mol. The average Bonchev–Trinajstić information content (AvgIpc) is 2.97. The zero-order chi connectivity index (χ0) is 13.8. The van der Waals surface area contributed by atoms with E-state index in [1.807, 2.05) is 12.4 Å². The average molecular weight is 267 g/mol. The number of hydrogen-bond acceptors (Lipinski definition) is 3. The van der Waals surface area contributed by atoms with Crippen LogP contribution >= 0.6 is 0 Å². The molecule has 0 saturated carbocycles. The second kappa shape index (κ2) is 6.06. The van der Waals surface area contributed by atoms with Crippen LogP contribution in [0.3, 0.4) is 0 Å². The predicted molar refractivity (Wildman–Crippen MR) is 82.7 cm³/mol. The first-order valence-corrected chi connectivity index (χ1v) is 7.32. The highest BCUT2D eigenvalue weighted by atomic mass is 15.1. The predicted octanol–water partition coefficient (Wildman–Crippen LogP) is 3.07. The number of nitrogens with zero attached hydrogens (tertiary/aromatic N) is 2. The summed E-state index contributed by atoms with van der Waals surface area (Å²) in [7, 11) is 0. The van der Waals surface area contributed by atoms with Crippen molar-refractivity contribution in [2.75, 3.05) is 18.4 Å². The Labute approximate surface area is 120 Å². The van der Waals surface area contributed by atoms with E-state index in [2.05, 4.69) is 52.5 Å². The summed E-state index contributed by atoms with van der Waals surface area (Å²) < 4.78 is 0. The van der Waals surface area contributed by atoms with Crippen molar-refractivity contribution in [2.24, 2.45) is 0 Å². The molecule has 0 atom stereocenters. The molecule has 0 saturated heterocycles. The summed E-state index contributed by atoms with van der Waals surface area (Å²) in [6, 6.07) is 10.8.